The van der Waals surface area contributed by atoms with Crippen LogP contribution in [0, 0.1) is 16.7 Å². The highest BCUT2D eigenvalue weighted by Gasteiger charge is 2.14. The van der Waals surface area contributed by atoms with Gasteiger partial charge in [-0.05, 0) is 19.3 Å². The monoisotopic (exact) mass is 194 g/mol. The van der Waals surface area contributed by atoms with Gasteiger partial charge in [-0.15, -0.1) is 0 Å². The maximum absolute atomic E-state index is 11.5. The molecule has 0 bridgehead atoms. The summed E-state index contributed by atoms with van der Waals surface area (Å²) in [5.41, 5.74) is 0.0329. The standard InChI is InChI=1S/C11H18N2O/c1-8(2)13-10(14)9(7-12)6-11(3,4)5/h6,8H,1-5H3,(H,13,14)/b9-6+. The van der Waals surface area contributed by atoms with E-state index in [0.29, 0.717) is 0 Å². The molecular weight excluding hydrogens is 176 g/mol. The van der Waals surface area contributed by atoms with Crippen molar-refractivity contribution in [1.82, 2.24) is 5.32 Å². The maximum atomic E-state index is 11.5. The van der Waals surface area contributed by atoms with E-state index in [1.54, 1.807) is 6.08 Å². The van der Waals surface area contributed by atoms with Gasteiger partial charge < -0.3 is 5.32 Å². The first-order chi connectivity index (χ1) is 6.26. The predicted molar refractivity (Wildman–Crippen MR) is 56.4 cm³/mol. The number of hydrogen-bond donors (Lipinski definition) is 1. The fourth-order valence-corrected chi connectivity index (χ4v) is 0.922. The molecule has 1 amide bonds. The van der Waals surface area contributed by atoms with Gasteiger partial charge >= 0.3 is 0 Å². The van der Waals surface area contributed by atoms with Crippen molar-refractivity contribution in [1.29, 1.82) is 5.26 Å². The van der Waals surface area contributed by atoms with E-state index < -0.39 is 0 Å². The molecule has 0 spiro atoms. The van der Waals surface area contributed by atoms with Gasteiger partial charge in [-0.1, -0.05) is 26.8 Å². The van der Waals surface area contributed by atoms with Crippen molar-refractivity contribution in [3.63, 3.8) is 0 Å². The minimum Gasteiger partial charge on any atom is -0.349 e. The van der Waals surface area contributed by atoms with Crippen molar-refractivity contribution in [2.24, 2.45) is 5.41 Å². The molecule has 3 heteroatoms. The fraction of sp³-hybridized carbons (Fsp3) is 0.636. The second-order valence-electron chi connectivity index (χ2n) is 4.66. The van der Waals surface area contributed by atoms with Crippen molar-refractivity contribution in [3.8, 4) is 6.07 Å². The van der Waals surface area contributed by atoms with Crippen LogP contribution < -0.4 is 5.32 Å². The molecule has 78 valence electrons. The number of allylic oxidation sites excluding steroid dienone is 1. The summed E-state index contributed by atoms with van der Waals surface area (Å²) in [5, 5.41) is 11.5. The molecule has 0 aromatic carbocycles. The molecule has 0 aliphatic heterocycles. The van der Waals surface area contributed by atoms with Crippen LogP contribution in [0.3, 0.4) is 0 Å². The quantitative estimate of drug-likeness (QED) is 0.540. The second-order valence-corrected chi connectivity index (χ2v) is 4.66. The Balaban J connectivity index is 4.68. The lowest BCUT2D eigenvalue weighted by atomic mass is 9.93. The lowest BCUT2D eigenvalue weighted by Crippen LogP contribution is -2.31. The first-order valence-electron chi connectivity index (χ1n) is 4.70. The van der Waals surface area contributed by atoms with Crippen molar-refractivity contribution >= 4 is 5.91 Å². The Kier molecular flexibility index (Phi) is 4.36. The number of amides is 1. The van der Waals surface area contributed by atoms with Crippen LogP contribution in [0.1, 0.15) is 34.6 Å². The SMILES string of the molecule is CC(C)NC(=O)/C(C#N)=C/C(C)(C)C. The summed E-state index contributed by atoms with van der Waals surface area (Å²) in [4.78, 5) is 11.5. The average Bonchev–Trinajstić information content (AvgIpc) is 1.96. The Hall–Kier alpha value is -1.30. The number of nitrogens with zero attached hydrogens (tertiary/aromatic N) is 1. The summed E-state index contributed by atoms with van der Waals surface area (Å²) in [6.45, 7) is 9.58. The van der Waals surface area contributed by atoms with Crippen LogP contribution in [0.25, 0.3) is 0 Å². The molecule has 0 saturated heterocycles. The molecule has 0 fully saturated rings. The van der Waals surface area contributed by atoms with Gasteiger partial charge in [0, 0.05) is 6.04 Å². The van der Waals surface area contributed by atoms with E-state index in [1.807, 2.05) is 40.7 Å². The van der Waals surface area contributed by atoms with Crippen LogP contribution >= 0.6 is 0 Å². The molecule has 0 aromatic heterocycles. The molecule has 0 radical (unpaired) electrons. The van der Waals surface area contributed by atoms with E-state index >= 15 is 0 Å². The molecule has 1 N–H and O–H groups in total. The number of carbonyl (C=O) groups excluding carboxylic acids is 1. The van der Waals surface area contributed by atoms with E-state index in [9.17, 15) is 4.79 Å². The Bertz CT molecular complexity index is 277. The van der Waals surface area contributed by atoms with Crippen LogP contribution in [-0.4, -0.2) is 11.9 Å². The van der Waals surface area contributed by atoms with Crippen LogP contribution in [-0.2, 0) is 4.79 Å². The zero-order valence-corrected chi connectivity index (χ0v) is 9.51. The first-order valence-corrected chi connectivity index (χ1v) is 4.70. The van der Waals surface area contributed by atoms with Crippen LogP contribution in [0.15, 0.2) is 11.6 Å². The topological polar surface area (TPSA) is 52.9 Å². The van der Waals surface area contributed by atoms with Crippen LogP contribution in [0.2, 0.25) is 0 Å². The molecule has 14 heavy (non-hydrogen) atoms. The Morgan fingerprint density at radius 3 is 2.21 bits per heavy atom. The zero-order valence-electron chi connectivity index (χ0n) is 9.51. The summed E-state index contributed by atoms with van der Waals surface area (Å²) in [6.07, 6.45) is 1.69. The minimum atomic E-state index is -0.294. The average molecular weight is 194 g/mol. The van der Waals surface area contributed by atoms with E-state index in [2.05, 4.69) is 5.32 Å². The van der Waals surface area contributed by atoms with Gasteiger partial charge in [0.05, 0.1) is 0 Å². The highest BCUT2D eigenvalue weighted by Crippen LogP contribution is 2.17. The second kappa shape index (κ2) is 4.80. The molecule has 0 aliphatic carbocycles. The van der Waals surface area contributed by atoms with Gasteiger partial charge in [0.2, 0.25) is 0 Å². The molecule has 0 atom stereocenters. The molecule has 0 saturated carbocycles. The third-order valence-corrected chi connectivity index (χ3v) is 1.36. The Labute approximate surface area is 85.8 Å². The van der Waals surface area contributed by atoms with Crippen LogP contribution in [0.5, 0.6) is 0 Å². The van der Waals surface area contributed by atoms with Gasteiger partial charge in [0.15, 0.2) is 0 Å². The summed E-state index contributed by atoms with van der Waals surface area (Å²) >= 11 is 0. The summed E-state index contributed by atoms with van der Waals surface area (Å²) in [5.74, 6) is -0.294. The van der Waals surface area contributed by atoms with E-state index in [0.717, 1.165) is 0 Å². The largest absolute Gasteiger partial charge is 0.349 e. The van der Waals surface area contributed by atoms with Gasteiger partial charge in [0.1, 0.15) is 11.6 Å². The zero-order chi connectivity index (χ0) is 11.4. The maximum Gasteiger partial charge on any atom is 0.261 e. The van der Waals surface area contributed by atoms with Crippen molar-refractivity contribution in [2.75, 3.05) is 0 Å². The molecule has 0 heterocycles. The third-order valence-electron chi connectivity index (χ3n) is 1.36. The highest BCUT2D eigenvalue weighted by atomic mass is 16.1. The van der Waals surface area contributed by atoms with Crippen molar-refractivity contribution in [2.45, 2.75) is 40.7 Å². The number of carbonyl (C=O) groups is 1. The summed E-state index contributed by atoms with van der Waals surface area (Å²) in [6, 6.07) is 1.97. The van der Waals surface area contributed by atoms with Gasteiger partial charge in [-0.3, -0.25) is 4.79 Å². The Morgan fingerprint density at radius 1 is 1.43 bits per heavy atom. The molecule has 0 aromatic rings. The Morgan fingerprint density at radius 2 is 1.93 bits per heavy atom. The van der Waals surface area contributed by atoms with Crippen molar-refractivity contribution in [3.05, 3.63) is 11.6 Å². The molecule has 0 rings (SSSR count). The number of nitriles is 1. The summed E-state index contributed by atoms with van der Waals surface area (Å²) < 4.78 is 0. The van der Waals surface area contributed by atoms with Gasteiger partial charge in [0.25, 0.3) is 5.91 Å². The normalized spacial score (nSPS) is 12.5. The van der Waals surface area contributed by atoms with E-state index in [4.69, 9.17) is 5.26 Å². The highest BCUT2D eigenvalue weighted by molar-refractivity contribution is 5.97. The fourth-order valence-electron chi connectivity index (χ4n) is 0.922. The first kappa shape index (κ1) is 12.7. The van der Waals surface area contributed by atoms with Gasteiger partial charge in [-0.25, -0.2) is 0 Å². The number of rotatable bonds is 2. The smallest absolute Gasteiger partial charge is 0.261 e. The van der Waals surface area contributed by atoms with E-state index in [1.165, 1.54) is 0 Å². The minimum absolute atomic E-state index is 0.0548. The molecule has 0 aliphatic rings. The molecule has 0 unspecified atom stereocenters. The van der Waals surface area contributed by atoms with Gasteiger partial charge in [-0.2, -0.15) is 5.26 Å². The number of hydrogen-bond acceptors (Lipinski definition) is 2. The molecular formula is C11H18N2O. The molecule has 3 nitrogen and oxygen atoms in total. The predicted octanol–water partition coefficient (Wildman–Crippen LogP) is 2.01. The summed E-state index contributed by atoms with van der Waals surface area (Å²) in [7, 11) is 0. The third kappa shape index (κ3) is 5.36. The van der Waals surface area contributed by atoms with E-state index in [-0.39, 0.29) is 22.9 Å². The lowest BCUT2D eigenvalue weighted by molar-refractivity contribution is -0.117. The number of nitrogens with one attached hydrogen (secondary N) is 1. The lowest BCUT2D eigenvalue weighted by Gasteiger charge is -2.13. The van der Waals surface area contributed by atoms with Crippen molar-refractivity contribution < 1.29 is 4.79 Å². The van der Waals surface area contributed by atoms with Crippen LogP contribution in [0.4, 0.5) is 0 Å².